The topological polar surface area (TPSA) is 232 Å². The third-order valence-electron chi connectivity index (χ3n) is 5.49. The van der Waals surface area contributed by atoms with E-state index in [1.807, 2.05) is 0 Å². The number of hydrogen-bond donors (Lipinski definition) is 7. The molecule has 218 valence electrons. The second kappa shape index (κ2) is 18.6. The highest BCUT2D eigenvalue weighted by atomic mass is 16.5. The van der Waals surface area contributed by atoms with Crippen molar-refractivity contribution in [1.82, 2.24) is 21.3 Å². The second-order valence-electron chi connectivity index (χ2n) is 8.74. The first-order chi connectivity index (χ1) is 19.0. The molecule has 40 heavy (non-hydrogen) atoms. The molecular weight excluding hydrogens is 524 g/mol. The van der Waals surface area contributed by atoms with Gasteiger partial charge in [0.1, 0.15) is 18.7 Å². The summed E-state index contributed by atoms with van der Waals surface area (Å²) in [6, 6.07) is 5.49. The molecule has 3 unspecified atom stereocenters. The van der Waals surface area contributed by atoms with Gasteiger partial charge in [-0.1, -0.05) is 30.3 Å². The summed E-state index contributed by atoms with van der Waals surface area (Å²) >= 11 is 0. The van der Waals surface area contributed by atoms with Gasteiger partial charge in [0.05, 0.1) is 12.6 Å². The van der Waals surface area contributed by atoms with Crippen LogP contribution < -0.4 is 32.7 Å². The van der Waals surface area contributed by atoms with E-state index in [9.17, 15) is 28.8 Å². The first-order valence-electron chi connectivity index (χ1n) is 12.6. The lowest BCUT2D eigenvalue weighted by atomic mass is 10.1. The van der Waals surface area contributed by atoms with Gasteiger partial charge in [-0.15, -0.1) is 12.3 Å². The molecule has 14 heteroatoms. The summed E-state index contributed by atoms with van der Waals surface area (Å²) in [7, 11) is 0. The molecule has 0 heterocycles. The van der Waals surface area contributed by atoms with Gasteiger partial charge in [0, 0.05) is 19.4 Å². The monoisotopic (exact) mass is 560 g/mol. The Morgan fingerprint density at radius 1 is 0.950 bits per heavy atom. The van der Waals surface area contributed by atoms with Gasteiger partial charge < -0.3 is 42.6 Å². The Balaban J connectivity index is 2.64. The average molecular weight is 561 g/mol. The maximum atomic E-state index is 12.7. The fourth-order valence-electron chi connectivity index (χ4n) is 3.25. The van der Waals surface area contributed by atoms with Gasteiger partial charge in [-0.25, -0.2) is 9.59 Å². The van der Waals surface area contributed by atoms with Crippen molar-refractivity contribution in [1.29, 1.82) is 0 Å². The molecule has 1 rings (SSSR count). The molecule has 14 nitrogen and oxygen atoms in total. The molecule has 1 aromatic carbocycles. The van der Waals surface area contributed by atoms with Gasteiger partial charge in [-0.2, -0.15) is 0 Å². The number of carbonyl (C=O) groups is 6. The number of carboxylic acids is 1. The number of primary amides is 1. The van der Waals surface area contributed by atoms with Gasteiger partial charge in [0.2, 0.25) is 23.6 Å². The maximum absolute atomic E-state index is 12.7. The van der Waals surface area contributed by atoms with Crippen molar-refractivity contribution in [3.8, 4) is 12.3 Å². The SMILES string of the molecule is C#CCC(NC(=O)CNC(=O)C(CCC(=O)NCCCCC(N)C(N)=O)NC(=O)OCc1ccccc1)C(=O)O. The summed E-state index contributed by atoms with van der Waals surface area (Å²) in [6.45, 7) is -0.352. The minimum atomic E-state index is -1.33. The summed E-state index contributed by atoms with van der Waals surface area (Å²) in [5, 5.41) is 18.6. The number of rotatable bonds is 18. The zero-order chi connectivity index (χ0) is 29.9. The fourth-order valence-corrected chi connectivity index (χ4v) is 3.25. The zero-order valence-electron chi connectivity index (χ0n) is 22.0. The standard InChI is InChI=1S/C26H36N6O8/c1-2-8-20(25(37)38)31-22(34)15-30-24(36)19(32-26(39)40-16-17-9-4-3-5-10-17)12-13-21(33)29-14-7-6-11-18(27)23(28)35/h1,3-5,9-10,18-20H,6-8,11-16,27H2,(H2,28,35)(H,29,33)(H,30,36)(H,31,34)(H,32,39)(H,37,38). The van der Waals surface area contributed by atoms with Gasteiger partial charge >= 0.3 is 12.1 Å². The first kappa shape index (κ1) is 33.4. The smallest absolute Gasteiger partial charge is 0.408 e. The van der Waals surface area contributed by atoms with Crippen molar-refractivity contribution in [3.05, 3.63) is 35.9 Å². The van der Waals surface area contributed by atoms with E-state index in [0.29, 0.717) is 31.4 Å². The fraction of sp³-hybridized carbons (Fsp3) is 0.462. The normalized spacial score (nSPS) is 12.5. The van der Waals surface area contributed by atoms with Crippen LogP contribution in [-0.2, 0) is 35.3 Å². The molecule has 0 saturated carbocycles. The number of benzene rings is 1. The number of hydrogen-bond acceptors (Lipinski definition) is 8. The van der Waals surface area contributed by atoms with E-state index in [0.717, 1.165) is 0 Å². The second-order valence-corrected chi connectivity index (χ2v) is 8.74. The largest absolute Gasteiger partial charge is 0.480 e. The lowest BCUT2D eigenvalue weighted by molar-refractivity contribution is -0.141. The van der Waals surface area contributed by atoms with E-state index in [1.165, 1.54) is 0 Å². The van der Waals surface area contributed by atoms with E-state index in [2.05, 4.69) is 27.2 Å². The number of carbonyl (C=O) groups excluding carboxylic acids is 5. The van der Waals surface area contributed by atoms with Crippen molar-refractivity contribution in [3.63, 3.8) is 0 Å². The molecule has 0 aliphatic heterocycles. The molecule has 3 atom stereocenters. The molecule has 0 spiro atoms. The summed E-state index contributed by atoms with van der Waals surface area (Å²) in [5.41, 5.74) is 11.4. The van der Waals surface area contributed by atoms with Crippen LogP contribution in [0.1, 0.15) is 44.1 Å². The van der Waals surface area contributed by atoms with Crippen LogP contribution in [0.15, 0.2) is 30.3 Å². The number of unbranched alkanes of at least 4 members (excludes halogenated alkanes) is 1. The van der Waals surface area contributed by atoms with E-state index in [4.69, 9.17) is 27.7 Å². The van der Waals surface area contributed by atoms with Crippen molar-refractivity contribution >= 4 is 35.7 Å². The molecule has 0 aromatic heterocycles. The highest BCUT2D eigenvalue weighted by Crippen LogP contribution is 2.04. The predicted molar refractivity (Wildman–Crippen MR) is 143 cm³/mol. The summed E-state index contributed by atoms with van der Waals surface area (Å²) < 4.78 is 5.14. The van der Waals surface area contributed by atoms with Crippen LogP contribution in [0.3, 0.4) is 0 Å². The molecule has 0 bridgehead atoms. The predicted octanol–water partition coefficient (Wildman–Crippen LogP) is -1.13. The third kappa shape index (κ3) is 14.3. The van der Waals surface area contributed by atoms with Crippen molar-refractivity contribution < 1.29 is 38.6 Å². The number of terminal acetylenes is 1. The quantitative estimate of drug-likeness (QED) is 0.0849. The number of alkyl carbamates (subject to hydrolysis) is 1. The summed E-state index contributed by atoms with van der Waals surface area (Å²) in [5.74, 6) is -1.79. The maximum Gasteiger partial charge on any atom is 0.408 e. The highest BCUT2D eigenvalue weighted by molar-refractivity contribution is 5.91. The molecule has 0 aliphatic rings. The Morgan fingerprint density at radius 3 is 2.27 bits per heavy atom. The minimum Gasteiger partial charge on any atom is -0.480 e. The van der Waals surface area contributed by atoms with E-state index in [-0.39, 0.29) is 25.9 Å². The van der Waals surface area contributed by atoms with Crippen LogP contribution in [0.2, 0.25) is 0 Å². The summed E-state index contributed by atoms with van der Waals surface area (Å²) in [6.07, 6.45) is 5.16. The number of amides is 5. The van der Waals surface area contributed by atoms with E-state index in [1.54, 1.807) is 30.3 Å². The van der Waals surface area contributed by atoms with Gasteiger partial charge in [-0.05, 0) is 31.2 Å². The zero-order valence-corrected chi connectivity index (χ0v) is 22.0. The lowest BCUT2D eigenvalue weighted by Crippen LogP contribution is -2.51. The number of nitrogens with two attached hydrogens (primary N) is 2. The van der Waals surface area contributed by atoms with Gasteiger partial charge in [0.25, 0.3) is 0 Å². The molecule has 9 N–H and O–H groups in total. The van der Waals surface area contributed by atoms with Crippen molar-refractivity contribution in [2.75, 3.05) is 13.1 Å². The number of carboxylic acid groups (broad SMARTS) is 1. The Bertz CT molecular complexity index is 1060. The van der Waals surface area contributed by atoms with Crippen LogP contribution in [0, 0.1) is 12.3 Å². The van der Waals surface area contributed by atoms with Crippen LogP contribution >= 0.6 is 0 Å². The number of ether oxygens (including phenoxy) is 1. The summed E-state index contributed by atoms with van der Waals surface area (Å²) in [4.78, 5) is 71.5. The molecule has 0 aliphatic carbocycles. The van der Waals surface area contributed by atoms with Crippen LogP contribution in [-0.4, -0.2) is 72.0 Å². The first-order valence-corrected chi connectivity index (χ1v) is 12.6. The lowest BCUT2D eigenvalue weighted by Gasteiger charge is -2.19. The third-order valence-corrected chi connectivity index (χ3v) is 5.49. The number of aliphatic carboxylic acids is 1. The van der Waals surface area contributed by atoms with E-state index < -0.39 is 60.4 Å². The molecular formula is C26H36N6O8. The van der Waals surface area contributed by atoms with Crippen LogP contribution in [0.5, 0.6) is 0 Å². The Kier molecular flexibility index (Phi) is 15.5. The van der Waals surface area contributed by atoms with Crippen molar-refractivity contribution in [2.45, 2.75) is 63.3 Å². The Hall–Kier alpha value is -4.64. The molecule has 0 fully saturated rings. The molecule has 1 aromatic rings. The van der Waals surface area contributed by atoms with Crippen LogP contribution in [0.25, 0.3) is 0 Å². The Labute approximate surface area is 231 Å². The minimum absolute atomic E-state index is 0.0604. The average Bonchev–Trinajstić information content (AvgIpc) is 2.92. The van der Waals surface area contributed by atoms with Gasteiger partial charge in [-0.3, -0.25) is 19.2 Å². The molecule has 0 radical (unpaired) electrons. The molecule has 0 saturated heterocycles. The molecule has 5 amide bonds. The van der Waals surface area contributed by atoms with Crippen LogP contribution in [0.4, 0.5) is 4.79 Å². The highest BCUT2D eigenvalue weighted by Gasteiger charge is 2.24. The van der Waals surface area contributed by atoms with Gasteiger partial charge in [0.15, 0.2) is 0 Å². The Morgan fingerprint density at radius 2 is 1.65 bits per heavy atom. The number of nitrogens with one attached hydrogen (secondary N) is 4. The van der Waals surface area contributed by atoms with Crippen molar-refractivity contribution in [2.24, 2.45) is 11.5 Å². The van der Waals surface area contributed by atoms with E-state index >= 15 is 0 Å².